The van der Waals surface area contributed by atoms with E-state index >= 15 is 0 Å². The van der Waals surface area contributed by atoms with E-state index in [9.17, 15) is 4.79 Å². The highest BCUT2D eigenvalue weighted by Gasteiger charge is 2.21. The fourth-order valence-corrected chi connectivity index (χ4v) is 2.76. The molecule has 0 aromatic heterocycles. The third-order valence-electron chi connectivity index (χ3n) is 3.95. The summed E-state index contributed by atoms with van der Waals surface area (Å²) in [4.78, 5) is 18.9. The second-order valence-electron chi connectivity index (χ2n) is 5.15. The van der Waals surface area contributed by atoms with Gasteiger partial charge in [-0.2, -0.15) is 0 Å². The van der Waals surface area contributed by atoms with Crippen LogP contribution in [0.1, 0.15) is 26.2 Å². The molecule has 4 nitrogen and oxygen atoms in total. The Labute approximate surface area is 105 Å². The molecule has 2 saturated heterocycles. The van der Waals surface area contributed by atoms with Crippen molar-refractivity contribution in [1.82, 2.24) is 14.7 Å². The van der Waals surface area contributed by atoms with E-state index in [4.69, 9.17) is 0 Å². The van der Waals surface area contributed by atoms with E-state index < -0.39 is 0 Å². The fraction of sp³-hybridized carbons (Fsp3) is 0.923. The lowest BCUT2D eigenvalue weighted by Gasteiger charge is -2.23. The lowest BCUT2D eigenvalue weighted by Crippen LogP contribution is -2.40. The van der Waals surface area contributed by atoms with Gasteiger partial charge in [-0.3, -0.25) is 9.69 Å². The first-order chi connectivity index (χ1) is 8.29. The van der Waals surface area contributed by atoms with Crippen LogP contribution >= 0.6 is 0 Å². The summed E-state index contributed by atoms with van der Waals surface area (Å²) in [5.74, 6) is 0.340. The number of rotatable bonds is 3. The summed E-state index contributed by atoms with van der Waals surface area (Å²) in [6.07, 6.45) is 3.58. The van der Waals surface area contributed by atoms with Crippen LogP contribution < -0.4 is 0 Å². The Kier molecular flexibility index (Phi) is 4.80. The van der Waals surface area contributed by atoms with E-state index in [1.165, 1.54) is 25.8 Å². The molecule has 0 bridgehead atoms. The van der Waals surface area contributed by atoms with E-state index in [-0.39, 0.29) is 0 Å². The SMILES string of the molecule is CCN1CCCN(CC(=O)N2CCCC2)CC1. The van der Waals surface area contributed by atoms with E-state index in [1.807, 2.05) is 4.90 Å². The van der Waals surface area contributed by atoms with Crippen LogP contribution in [0.2, 0.25) is 0 Å². The predicted molar refractivity (Wildman–Crippen MR) is 69.0 cm³/mol. The smallest absolute Gasteiger partial charge is 0.236 e. The molecule has 2 rings (SSSR count). The highest BCUT2D eigenvalue weighted by atomic mass is 16.2. The molecule has 0 aliphatic carbocycles. The van der Waals surface area contributed by atoms with E-state index in [1.54, 1.807) is 0 Å². The first-order valence-corrected chi connectivity index (χ1v) is 7.02. The summed E-state index contributed by atoms with van der Waals surface area (Å²) in [6.45, 7) is 10.4. The molecule has 0 atom stereocenters. The Morgan fingerprint density at radius 1 is 0.882 bits per heavy atom. The lowest BCUT2D eigenvalue weighted by molar-refractivity contribution is -0.131. The first-order valence-electron chi connectivity index (χ1n) is 7.02. The van der Waals surface area contributed by atoms with E-state index in [0.29, 0.717) is 12.5 Å². The normalized spacial score (nSPS) is 23.9. The average Bonchev–Trinajstić information content (AvgIpc) is 2.78. The zero-order valence-corrected chi connectivity index (χ0v) is 11.0. The van der Waals surface area contributed by atoms with Gasteiger partial charge >= 0.3 is 0 Å². The van der Waals surface area contributed by atoms with Crippen LogP contribution in [0.4, 0.5) is 0 Å². The monoisotopic (exact) mass is 239 g/mol. The second kappa shape index (κ2) is 6.36. The molecule has 2 heterocycles. The summed E-state index contributed by atoms with van der Waals surface area (Å²) in [5.41, 5.74) is 0. The van der Waals surface area contributed by atoms with Gasteiger partial charge in [-0.25, -0.2) is 0 Å². The van der Waals surface area contributed by atoms with Crippen LogP contribution in [-0.2, 0) is 4.79 Å². The van der Waals surface area contributed by atoms with Crippen LogP contribution in [0.3, 0.4) is 0 Å². The zero-order valence-electron chi connectivity index (χ0n) is 11.0. The Bertz CT molecular complexity index is 251. The van der Waals surface area contributed by atoms with Gasteiger partial charge < -0.3 is 9.80 Å². The van der Waals surface area contributed by atoms with Gasteiger partial charge in [0.25, 0.3) is 0 Å². The van der Waals surface area contributed by atoms with Gasteiger partial charge in [-0.15, -0.1) is 0 Å². The fourth-order valence-electron chi connectivity index (χ4n) is 2.76. The van der Waals surface area contributed by atoms with Crippen molar-refractivity contribution in [3.8, 4) is 0 Å². The van der Waals surface area contributed by atoms with Gasteiger partial charge in [0.2, 0.25) is 5.91 Å². The highest BCUT2D eigenvalue weighted by Crippen LogP contribution is 2.09. The standard InChI is InChI=1S/C13H25N3O/c1-2-14-6-5-7-15(11-10-14)12-13(17)16-8-3-4-9-16/h2-12H2,1H3. The van der Waals surface area contributed by atoms with Gasteiger partial charge in [0.15, 0.2) is 0 Å². The van der Waals surface area contributed by atoms with E-state index in [0.717, 1.165) is 39.3 Å². The summed E-state index contributed by atoms with van der Waals surface area (Å²) in [5, 5.41) is 0. The summed E-state index contributed by atoms with van der Waals surface area (Å²) >= 11 is 0. The quantitative estimate of drug-likeness (QED) is 0.723. The number of hydrogen-bond acceptors (Lipinski definition) is 3. The summed E-state index contributed by atoms with van der Waals surface area (Å²) < 4.78 is 0. The number of carbonyl (C=O) groups is 1. The Morgan fingerprint density at radius 2 is 1.53 bits per heavy atom. The first kappa shape index (κ1) is 12.8. The molecule has 0 saturated carbocycles. The van der Waals surface area contributed by atoms with Crippen LogP contribution in [0.15, 0.2) is 0 Å². The molecule has 98 valence electrons. The summed E-state index contributed by atoms with van der Waals surface area (Å²) in [6, 6.07) is 0. The van der Waals surface area contributed by atoms with E-state index in [2.05, 4.69) is 16.7 Å². The van der Waals surface area contributed by atoms with Crippen molar-refractivity contribution in [2.24, 2.45) is 0 Å². The number of amides is 1. The molecule has 0 unspecified atom stereocenters. The number of likely N-dealkylation sites (tertiary alicyclic amines) is 1. The molecule has 0 spiro atoms. The Morgan fingerprint density at radius 3 is 2.24 bits per heavy atom. The molecule has 2 fully saturated rings. The third-order valence-corrected chi connectivity index (χ3v) is 3.95. The molecule has 1 amide bonds. The maximum atomic E-state index is 12.0. The van der Waals surface area contributed by atoms with Crippen LogP contribution in [0.25, 0.3) is 0 Å². The molecular formula is C13H25N3O. The number of nitrogens with zero attached hydrogens (tertiary/aromatic N) is 3. The third kappa shape index (κ3) is 3.68. The topological polar surface area (TPSA) is 26.8 Å². The minimum atomic E-state index is 0.340. The zero-order chi connectivity index (χ0) is 12.1. The number of carbonyl (C=O) groups excluding carboxylic acids is 1. The maximum Gasteiger partial charge on any atom is 0.236 e. The molecule has 0 aromatic rings. The van der Waals surface area contributed by atoms with Gasteiger partial charge in [0.1, 0.15) is 0 Å². The molecule has 17 heavy (non-hydrogen) atoms. The molecule has 2 aliphatic rings. The minimum absolute atomic E-state index is 0.340. The Hall–Kier alpha value is -0.610. The molecule has 4 heteroatoms. The van der Waals surface area contributed by atoms with Crippen LogP contribution in [-0.4, -0.2) is 73.0 Å². The van der Waals surface area contributed by atoms with Gasteiger partial charge in [-0.1, -0.05) is 6.92 Å². The maximum absolute atomic E-state index is 12.0. The van der Waals surface area contributed by atoms with Crippen LogP contribution in [0, 0.1) is 0 Å². The van der Waals surface area contributed by atoms with Crippen molar-refractivity contribution >= 4 is 5.91 Å². The number of likely N-dealkylation sites (N-methyl/N-ethyl adjacent to an activating group) is 1. The predicted octanol–water partition coefficient (Wildman–Crippen LogP) is 0.636. The Balaban J connectivity index is 1.76. The van der Waals surface area contributed by atoms with Crippen LogP contribution in [0.5, 0.6) is 0 Å². The lowest BCUT2D eigenvalue weighted by atomic mass is 10.3. The van der Waals surface area contributed by atoms with Crippen molar-refractivity contribution in [3.05, 3.63) is 0 Å². The van der Waals surface area contributed by atoms with Crippen molar-refractivity contribution < 1.29 is 4.79 Å². The van der Waals surface area contributed by atoms with Crippen molar-refractivity contribution in [1.29, 1.82) is 0 Å². The second-order valence-corrected chi connectivity index (χ2v) is 5.15. The van der Waals surface area contributed by atoms with Crippen molar-refractivity contribution in [2.45, 2.75) is 26.2 Å². The highest BCUT2D eigenvalue weighted by molar-refractivity contribution is 5.78. The largest absolute Gasteiger partial charge is 0.342 e. The molecule has 0 N–H and O–H groups in total. The summed E-state index contributed by atoms with van der Waals surface area (Å²) in [7, 11) is 0. The van der Waals surface area contributed by atoms with Gasteiger partial charge in [0, 0.05) is 26.2 Å². The van der Waals surface area contributed by atoms with Gasteiger partial charge in [0.05, 0.1) is 6.54 Å². The van der Waals surface area contributed by atoms with Crippen molar-refractivity contribution in [3.63, 3.8) is 0 Å². The molecule has 0 radical (unpaired) electrons. The molecule has 0 aromatic carbocycles. The van der Waals surface area contributed by atoms with Crippen molar-refractivity contribution in [2.75, 3.05) is 52.4 Å². The minimum Gasteiger partial charge on any atom is -0.342 e. The van der Waals surface area contributed by atoms with Gasteiger partial charge in [-0.05, 0) is 38.9 Å². The average molecular weight is 239 g/mol. The molecule has 2 aliphatic heterocycles. The number of hydrogen-bond donors (Lipinski definition) is 0. The molecular weight excluding hydrogens is 214 g/mol.